The Hall–Kier alpha value is -0.900. The Morgan fingerprint density at radius 1 is 1.50 bits per heavy atom. The molecule has 0 saturated carbocycles. The molecule has 0 fully saturated rings. The second-order valence-electron chi connectivity index (χ2n) is 3.46. The van der Waals surface area contributed by atoms with E-state index in [-0.39, 0.29) is 12.7 Å². The molecule has 0 spiro atoms. The van der Waals surface area contributed by atoms with Crippen molar-refractivity contribution in [3.8, 4) is 0 Å². The van der Waals surface area contributed by atoms with Crippen molar-refractivity contribution in [3.63, 3.8) is 0 Å². The molecule has 0 amide bonds. The van der Waals surface area contributed by atoms with E-state index in [2.05, 4.69) is 10.5 Å². The minimum Gasteiger partial charge on any atom is -0.361 e. The first-order valence-electron chi connectivity index (χ1n) is 4.89. The second-order valence-corrected chi connectivity index (χ2v) is 3.46. The zero-order chi connectivity index (χ0) is 10.6. The van der Waals surface area contributed by atoms with E-state index in [1.165, 1.54) is 0 Å². The summed E-state index contributed by atoms with van der Waals surface area (Å²) in [5, 5.41) is 7.10. The van der Waals surface area contributed by atoms with Crippen LogP contribution < -0.4 is 5.32 Å². The van der Waals surface area contributed by atoms with Gasteiger partial charge in [-0.05, 0) is 33.7 Å². The van der Waals surface area contributed by atoms with Crippen LogP contribution in [0.1, 0.15) is 36.4 Å². The lowest BCUT2D eigenvalue weighted by Crippen LogP contribution is -2.21. The van der Waals surface area contributed by atoms with Gasteiger partial charge in [0.1, 0.15) is 5.76 Å². The topological polar surface area (TPSA) is 38.1 Å². The van der Waals surface area contributed by atoms with Crippen LogP contribution in [0.15, 0.2) is 4.52 Å². The number of alkyl halides is 1. The molecular formula is C10H17FN2O. The van der Waals surface area contributed by atoms with E-state index >= 15 is 0 Å². The number of aromatic nitrogens is 1. The van der Waals surface area contributed by atoms with Gasteiger partial charge in [-0.1, -0.05) is 5.16 Å². The molecule has 80 valence electrons. The molecule has 1 aromatic rings. The summed E-state index contributed by atoms with van der Waals surface area (Å²) in [7, 11) is 0. The van der Waals surface area contributed by atoms with Gasteiger partial charge in [-0.25, -0.2) is 0 Å². The summed E-state index contributed by atoms with van der Waals surface area (Å²) >= 11 is 0. The zero-order valence-corrected chi connectivity index (χ0v) is 8.93. The molecule has 4 heteroatoms. The molecule has 14 heavy (non-hydrogen) atoms. The van der Waals surface area contributed by atoms with Crippen LogP contribution in [0.2, 0.25) is 0 Å². The predicted octanol–water partition coefficient (Wildman–Crippen LogP) is 2.30. The van der Waals surface area contributed by atoms with Gasteiger partial charge >= 0.3 is 0 Å². The first kappa shape index (κ1) is 11.2. The fraction of sp³-hybridized carbons (Fsp3) is 0.700. The molecule has 0 aliphatic carbocycles. The molecular weight excluding hydrogens is 183 g/mol. The van der Waals surface area contributed by atoms with Crippen LogP contribution in [0.3, 0.4) is 0 Å². The summed E-state index contributed by atoms with van der Waals surface area (Å²) in [4.78, 5) is 0. The largest absolute Gasteiger partial charge is 0.361 e. The maximum Gasteiger partial charge on any atom is 0.138 e. The molecule has 0 radical (unpaired) electrons. The van der Waals surface area contributed by atoms with Crippen molar-refractivity contribution < 1.29 is 8.91 Å². The van der Waals surface area contributed by atoms with Crippen LogP contribution >= 0.6 is 0 Å². The Kier molecular flexibility index (Phi) is 4.07. The summed E-state index contributed by atoms with van der Waals surface area (Å²) in [6, 6.07) is 0.174. The highest BCUT2D eigenvalue weighted by Gasteiger charge is 2.15. The second kappa shape index (κ2) is 5.10. The van der Waals surface area contributed by atoms with Gasteiger partial charge in [0.05, 0.1) is 12.4 Å². The molecule has 1 atom stereocenters. The zero-order valence-electron chi connectivity index (χ0n) is 8.93. The van der Waals surface area contributed by atoms with Gasteiger partial charge in [-0.2, -0.15) is 0 Å². The van der Waals surface area contributed by atoms with Crippen LogP contribution in [0.4, 0.5) is 4.39 Å². The third-order valence-corrected chi connectivity index (χ3v) is 2.28. The number of aryl methyl sites for hydroxylation is 2. The van der Waals surface area contributed by atoms with Crippen molar-refractivity contribution in [2.45, 2.75) is 33.2 Å². The van der Waals surface area contributed by atoms with Gasteiger partial charge in [0.15, 0.2) is 0 Å². The summed E-state index contributed by atoms with van der Waals surface area (Å²) in [5.74, 6) is 0.836. The summed E-state index contributed by atoms with van der Waals surface area (Å²) < 4.78 is 16.9. The standard InChI is InChI=1S/C10H17FN2O/c1-7(12-6-4-5-11)10-8(2)13-14-9(10)3/h7,12H,4-6H2,1-3H3. The Morgan fingerprint density at radius 2 is 2.21 bits per heavy atom. The Balaban J connectivity index is 2.55. The maximum atomic E-state index is 11.9. The van der Waals surface area contributed by atoms with Gasteiger partial charge < -0.3 is 9.84 Å². The van der Waals surface area contributed by atoms with E-state index in [0.29, 0.717) is 13.0 Å². The molecule has 1 N–H and O–H groups in total. The van der Waals surface area contributed by atoms with E-state index in [9.17, 15) is 4.39 Å². The van der Waals surface area contributed by atoms with Crippen LogP contribution in [0.25, 0.3) is 0 Å². The van der Waals surface area contributed by atoms with Crippen molar-refractivity contribution >= 4 is 0 Å². The smallest absolute Gasteiger partial charge is 0.138 e. The number of nitrogens with zero attached hydrogens (tertiary/aromatic N) is 1. The minimum atomic E-state index is -0.276. The minimum absolute atomic E-state index is 0.174. The lowest BCUT2D eigenvalue weighted by molar-refractivity contribution is 0.390. The number of hydrogen-bond acceptors (Lipinski definition) is 3. The molecule has 1 unspecified atom stereocenters. The highest BCUT2D eigenvalue weighted by Crippen LogP contribution is 2.20. The predicted molar refractivity (Wildman–Crippen MR) is 53.0 cm³/mol. The molecule has 0 aliphatic rings. The molecule has 1 rings (SSSR count). The van der Waals surface area contributed by atoms with Crippen LogP contribution in [0.5, 0.6) is 0 Å². The van der Waals surface area contributed by atoms with Crippen molar-refractivity contribution in [3.05, 3.63) is 17.0 Å². The van der Waals surface area contributed by atoms with Gasteiger partial charge in [-0.3, -0.25) is 4.39 Å². The normalized spacial score (nSPS) is 13.1. The SMILES string of the molecule is Cc1noc(C)c1C(C)NCCCF. The summed E-state index contributed by atoms with van der Waals surface area (Å²) in [6.07, 6.45) is 0.549. The van der Waals surface area contributed by atoms with Crippen LogP contribution in [0, 0.1) is 13.8 Å². The summed E-state index contributed by atoms with van der Waals surface area (Å²) in [6.45, 7) is 6.25. The Bertz CT molecular complexity index is 266. The number of hydrogen-bond donors (Lipinski definition) is 1. The lowest BCUT2D eigenvalue weighted by atomic mass is 10.1. The van der Waals surface area contributed by atoms with Crippen molar-refractivity contribution in [1.29, 1.82) is 0 Å². The molecule has 1 heterocycles. The lowest BCUT2D eigenvalue weighted by Gasteiger charge is -2.12. The van der Waals surface area contributed by atoms with Crippen molar-refractivity contribution in [1.82, 2.24) is 10.5 Å². The van der Waals surface area contributed by atoms with E-state index in [0.717, 1.165) is 17.0 Å². The molecule has 0 aliphatic heterocycles. The van der Waals surface area contributed by atoms with E-state index in [4.69, 9.17) is 4.52 Å². The third-order valence-electron chi connectivity index (χ3n) is 2.28. The quantitative estimate of drug-likeness (QED) is 0.741. The number of nitrogens with one attached hydrogen (secondary N) is 1. The van der Waals surface area contributed by atoms with Crippen molar-refractivity contribution in [2.24, 2.45) is 0 Å². The van der Waals surface area contributed by atoms with Gasteiger partial charge in [0, 0.05) is 11.6 Å². The van der Waals surface area contributed by atoms with E-state index < -0.39 is 0 Å². The fourth-order valence-corrected chi connectivity index (χ4v) is 1.60. The van der Waals surface area contributed by atoms with Gasteiger partial charge in [0.25, 0.3) is 0 Å². The maximum absolute atomic E-state index is 11.9. The van der Waals surface area contributed by atoms with Crippen LogP contribution in [-0.2, 0) is 0 Å². The Labute approximate surface area is 83.7 Å². The number of rotatable bonds is 5. The van der Waals surface area contributed by atoms with Crippen molar-refractivity contribution in [2.75, 3.05) is 13.2 Å². The molecule has 0 saturated heterocycles. The van der Waals surface area contributed by atoms with E-state index in [1.807, 2.05) is 20.8 Å². The van der Waals surface area contributed by atoms with Crippen LogP contribution in [-0.4, -0.2) is 18.4 Å². The van der Waals surface area contributed by atoms with Gasteiger partial charge in [0.2, 0.25) is 0 Å². The average molecular weight is 200 g/mol. The monoisotopic (exact) mass is 200 g/mol. The average Bonchev–Trinajstić information content (AvgIpc) is 2.46. The summed E-state index contributed by atoms with van der Waals surface area (Å²) in [5.41, 5.74) is 1.99. The fourth-order valence-electron chi connectivity index (χ4n) is 1.60. The molecule has 3 nitrogen and oxygen atoms in total. The highest BCUT2D eigenvalue weighted by molar-refractivity contribution is 5.24. The highest BCUT2D eigenvalue weighted by atomic mass is 19.1. The molecule has 0 bridgehead atoms. The Morgan fingerprint density at radius 3 is 2.71 bits per heavy atom. The first-order chi connectivity index (χ1) is 6.66. The third kappa shape index (κ3) is 2.54. The van der Waals surface area contributed by atoms with Gasteiger partial charge in [-0.15, -0.1) is 0 Å². The number of halogens is 1. The molecule has 0 aromatic carbocycles. The van der Waals surface area contributed by atoms with E-state index in [1.54, 1.807) is 0 Å². The first-order valence-corrected chi connectivity index (χ1v) is 4.89. The molecule has 1 aromatic heterocycles.